The number of nitrogens with zero attached hydrogens (tertiary/aromatic N) is 2. The van der Waals surface area contributed by atoms with E-state index in [0.717, 1.165) is 48.1 Å². The van der Waals surface area contributed by atoms with E-state index >= 15 is 0 Å². The van der Waals surface area contributed by atoms with Crippen molar-refractivity contribution < 1.29 is 9.59 Å². The summed E-state index contributed by atoms with van der Waals surface area (Å²) in [5.74, 6) is -0.232. The molecule has 0 aliphatic heterocycles. The minimum atomic E-state index is -0.130. The van der Waals surface area contributed by atoms with Gasteiger partial charge in [-0.05, 0) is 63.3 Å². The van der Waals surface area contributed by atoms with Crippen molar-refractivity contribution in [1.29, 1.82) is 5.26 Å². The van der Waals surface area contributed by atoms with Crippen molar-refractivity contribution in [3.63, 3.8) is 0 Å². The van der Waals surface area contributed by atoms with Gasteiger partial charge >= 0.3 is 0 Å². The third-order valence-corrected chi connectivity index (χ3v) is 6.87. The highest BCUT2D eigenvalue weighted by Crippen LogP contribution is 2.37. The van der Waals surface area contributed by atoms with E-state index in [-0.39, 0.29) is 24.8 Å². The van der Waals surface area contributed by atoms with Gasteiger partial charge in [-0.25, -0.2) is 0 Å². The zero-order valence-corrected chi connectivity index (χ0v) is 19.3. The van der Waals surface area contributed by atoms with Crippen LogP contribution in [0.15, 0.2) is 18.2 Å². The molecule has 0 fully saturated rings. The van der Waals surface area contributed by atoms with Gasteiger partial charge in [0.1, 0.15) is 11.1 Å². The number of para-hydroxylation sites is 1. The number of nitrogens with one attached hydrogen (secondary N) is 2. The molecule has 2 N–H and O–H groups in total. The summed E-state index contributed by atoms with van der Waals surface area (Å²) in [6.45, 7) is 4.60. The summed E-state index contributed by atoms with van der Waals surface area (Å²) in [5, 5.41) is 16.2. The van der Waals surface area contributed by atoms with Gasteiger partial charge in [-0.15, -0.1) is 11.3 Å². The number of fused-ring (bicyclic) bond motifs is 1. The standard InChI is InChI=1S/C24H30N4O2S/c1-16-8-7-9-17(2)23(16)26-22(30)15-28(3)13-12-21(29)27-24-19(14-25)18-10-5-4-6-11-20(18)31-24/h7-9H,4-6,10-13,15H2,1-3H3,(H,26,30)(H,27,29). The molecule has 2 aromatic rings. The molecule has 0 saturated heterocycles. The van der Waals surface area contributed by atoms with Crippen molar-refractivity contribution in [3.8, 4) is 6.07 Å². The molecule has 1 heterocycles. The highest BCUT2D eigenvalue weighted by Gasteiger charge is 2.21. The maximum absolute atomic E-state index is 12.5. The van der Waals surface area contributed by atoms with Gasteiger partial charge in [-0.1, -0.05) is 24.6 Å². The molecule has 0 spiro atoms. The van der Waals surface area contributed by atoms with Crippen LogP contribution in [0.4, 0.5) is 10.7 Å². The zero-order valence-electron chi connectivity index (χ0n) is 18.5. The molecular weight excluding hydrogens is 408 g/mol. The Hall–Kier alpha value is -2.69. The number of nitriles is 1. The Morgan fingerprint density at radius 1 is 1.10 bits per heavy atom. The van der Waals surface area contributed by atoms with Crippen molar-refractivity contribution in [3.05, 3.63) is 45.3 Å². The Morgan fingerprint density at radius 2 is 1.81 bits per heavy atom. The Bertz CT molecular complexity index is 985. The van der Waals surface area contributed by atoms with E-state index in [2.05, 4.69) is 16.7 Å². The van der Waals surface area contributed by atoms with Crippen molar-refractivity contribution in [1.82, 2.24) is 4.90 Å². The molecule has 164 valence electrons. The van der Waals surface area contributed by atoms with Gasteiger partial charge in [0.15, 0.2) is 0 Å². The Morgan fingerprint density at radius 3 is 2.52 bits per heavy atom. The van der Waals surface area contributed by atoms with Crippen molar-refractivity contribution >= 4 is 33.8 Å². The number of anilines is 2. The highest BCUT2D eigenvalue weighted by molar-refractivity contribution is 7.16. The number of likely N-dealkylation sites (N-methyl/N-ethyl adjacent to an activating group) is 1. The van der Waals surface area contributed by atoms with Crippen molar-refractivity contribution in [2.24, 2.45) is 0 Å². The van der Waals surface area contributed by atoms with Crippen molar-refractivity contribution in [2.75, 3.05) is 30.8 Å². The number of amides is 2. The molecule has 1 aromatic heterocycles. The predicted molar refractivity (Wildman–Crippen MR) is 126 cm³/mol. The van der Waals surface area contributed by atoms with Crippen LogP contribution in [0, 0.1) is 25.2 Å². The van der Waals surface area contributed by atoms with Crippen LogP contribution in [0.1, 0.15) is 52.8 Å². The second-order valence-electron chi connectivity index (χ2n) is 8.23. The lowest BCUT2D eigenvalue weighted by Gasteiger charge is -2.17. The number of hydrogen-bond acceptors (Lipinski definition) is 5. The van der Waals surface area contributed by atoms with E-state index < -0.39 is 0 Å². The fourth-order valence-electron chi connectivity index (χ4n) is 3.95. The first kappa shape index (κ1) is 23.0. The summed E-state index contributed by atoms with van der Waals surface area (Å²) in [5.41, 5.74) is 4.66. The molecule has 0 unspecified atom stereocenters. The van der Waals surface area contributed by atoms with Crippen molar-refractivity contribution in [2.45, 2.75) is 52.4 Å². The van der Waals surface area contributed by atoms with Gasteiger partial charge in [0.05, 0.1) is 12.1 Å². The van der Waals surface area contributed by atoms with E-state index in [0.29, 0.717) is 17.1 Å². The molecule has 2 amide bonds. The number of carbonyl (C=O) groups is 2. The second kappa shape index (κ2) is 10.6. The maximum Gasteiger partial charge on any atom is 0.238 e. The Kier molecular flexibility index (Phi) is 7.83. The minimum absolute atomic E-state index is 0.103. The number of rotatable bonds is 7. The average Bonchev–Trinajstić information content (AvgIpc) is 2.88. The van der Waals surface area contributed by atoms with Gasteiger partial charge in [-0.2, -0.15) is 5.26 Å². The van der Waals surface area contributed by atoms with Crippen LogP contribution in [0.3, 0.4) is 0 Å². The molecule has 1 aromatic carbocycles. The number of hydrogen-bond donors (Lipinski definition) is 2. The van der Waals surface area contributed by atoms with Crippen LogP contribution in [0.2, 0.25) is 0 Å². The van der Waals surface area contributed by atoms with Crippen LogP contribution in [-0.4, -0.2) is 36.9 Å². The normalized spacial score (nSPS) is 13.3. The maximum atomic E-state index is 12.5. The quantitative estimate of drug-likeness (QED) is 0.627. The lowest BCUT2D eigenvalue weighted by Crippen LogP contribution is -2.32. The van der Waals surface area contributed by atoms with Gasteiger partial charge < -0.3 is 10.6 Å². The van der Waals surface area contributed by atoms with E-state index in [1.807, 2.05) is 44.0 Å². The molecule has 31 heavy (non-hydrogen) atoms. The molecule has 0 bridgehead atoms. The molecule has 0 saturated carbocycles. The van der Waals surface area contributed by atoms with E-state index in [4.69, 9.17) is 0 Å². The summed E-state index contributed by atoms with van der Waals surface area (Å²) >= 11 is 1.54. The van der Waals surface area contributed by atoms with Crippen LogP contribution >= 0.6 is 11.3 Å². The molecule has 0 radical (unpaired) electrons. The van der Waals surface area contributed by atoms with Gasteiger partial charge in [0.2, 0.25) is 11.8 Å². The SMILES string of the molecule is Cc1cccc(C)c1NC(=O)CN(C)CCC(=O)Nc1sc2c(c1C#N)CCCCC2. The topological polar surface area (TPSA) is 85.2 Å². The number of thiophene rings is 1. The molecule has 6 nitrogen and oxygen atoms in total. The molecule has 3 rings (SSSR count). The predicted octanol–water partition coefficient (Wildman–Crippen LogP) is 4.40. The summed E-state index contributed by atoms with van der Waals surface area (Å²) in [4.78, 5) is 28.0. The number of aryl methyl sites for hydroxylation is 3. The van der Waals surface area contributed by atoms with Crippen LogP contribution in [0.5, 0.6) is 0 Å². The Labute approximate surface area is 188 Å². The van der Waals surface area contributed by atoms with Gasteiger partial charge in [0.25, 0.3) is 0 Å². The largest absolute Gasteiger partial charge is 0.324 e. The lowest BCUT2D eigenvalue weighted by atomic mass is 10.1. The number of carbonyl (C=O) groups excluding carboxylic acids is 2. The van der Waals surface area contributed by atoms with Gasteiger partial charge in [0, 0.05) is 23.5 Å². The second-order valence-corrected chi connectivity index (χ2v) is 9.34. The summed E-state index contributed by atoms with van der Waals surface area (Å²) in [6, 6.07) is 8.20. The molecule has 1 aliphatic rings. The first-order chi connectivity index (χ1) is 14.9. The Balaban J connectivity index is 1.51. The third kappa shape index (κ3) is 5.93. The monoisotopic (exact) mass is 438 g/mol. The minimum Gasteiger partial charge on any atom is -0.324 e. The summed E-state index contributed by atoms with van der Waals surface area (Å²) < 4.78 is 0. The smallest absolute Gasteiger partial charge is 0.238 e. The number of benzene rings is 1. The third-order valence-electron chi connectivity index (χ3n) is 5.67. The molecular formula is C24H30N4O2S. The first-order valence-electron chi connectivity index (χ1n) is 10.8. The van der Waals surface area contributed by atoms with E-state index in [1.54, 1.807) is 11.3 Å². The molecule has 7 heteroatoms. The summed E-state index contributed by atoms with van der Waals surface area (Å²) in [6.07, 6.45) is 5.60. The fourth-order valence-corrected chi connectivity index (χ4v) is 5.20. The van der Waals surface area contributed by atoms with E-state index in [1.165, 1.54) is 11.3 Å². The fraction of sp³-hybridized carbons (Fsp3) is 0.458. The average molecular weight is 439 g/mol. The molecule has 1 aliphatic carbocycles. The first-order valence-corrected chi connectivity index (χ1v) is 11.6. The van der Waals surface area contributed by atoms with Crippen LogP contribution in [-0.2, 0) is 22.4 Å². The zero-order chi connectivity index (χ0) is 22.4. The highest BCUT2D eigenvalue weighted by atomic mass is 32.1. The lowest BCUT2D eigenvalue weighted by molar-refractivity contribution is -0.119. The molecule has 0 atom stereocenters. The summed E-state index contributed by atoms with van der Waals surface area (Å²) in [7, 11) is 1.83. The van der Waals surface area contributed by atoms with E-state index in [9.17, 15) is 14.9 Å². The van der Waals surface area contributed by atoms with Crippen LogP contribution in [0.25, 0.3) is 0 Å². The van der Waals surface area contributed by atoms with Crippen LogP contribution < -0.4 is 10.6 Å². The van der Waals surface area contributed by atoms with Gasteiger partial charge in [-0.3, -0.25) is 14.5 Å².